The second-order valence-corrected chi connectivity index (χ2v) is 7.27. The van der Waals surface area contributed by atoms with E-state index in [0.717, 1.165) is 17.8 Å². The fourth-order valence-corrected chi connectivity index (χ4v) is 3.35. The van der Waals surface area contributed by atoms with Gasteiger partial charge in [-0.25, -0.2) is 8.42 Å². The molecule has 2 aromatic rings. The zero-order chi connectivity index (χ0) is 15.6. The van der Waals surface area contributed by atoms with Crippen molar-refractivity contribution in [2.75, 3.05) is 7.05 Å². The smallest absolute Gasteiger partial charge is 0.243 e. The summed E-state index contributed by atoms with van der Waals surface area (Å²) in [7, 11) is -1.97. The first-order chi connectivity index (χ1) is 9.86. The first-order valence-electron chi connectivity index (χ1n) is 6.59. The van der Waals surface area contributed by atoms with Crippen LogP contribution < -0.4 is 0 Å². The normalized spacial score (nSPS) is 12.0. The van der Waals surface area contributed by atoms with Gasteiger partial charge in [-0.05, 0) is 38.1 Å². The molecule has 0 aliphatic carbocycles. The lowest BCUT2D eigenvalue weighted by molar-refractivity contribution is 0.465. The van der Waals surface area contributed by atoms with E-state index >= 15 is 0 Å². The molecule has 21 heavy (non-hydrogen) atoms. The lowest BCUT2D eigenvalue weighted by Crippen LogP contribution is -2.26. The Labute approximate surface area is 130 Å². The Bertz CT molecular complexity index is 723. The van der Waals surface area contributed by atoms with Crippen LogP contribution in [0.2, 0.25) is 5.02 Å². The Morgan fingerprint density at radius 1 is 1.29 bits per heavy atom. The van der Waals surface area contributed by atoms with Crippen LogP contribution in [0.3, 0.4) is 0 Å². The second-order valence-electron chi connectivity index (χ2n) is 4.79. The van der Waals surface area contributed by atoms with E-state index in [0.29, 0.717) is 5.02 Å². The van der Waals surface area contributed by atoms with Gasteiger partial charge in [0.25, 0.3) is 0 Å². The molecule has 0 atom stereocenters. The van der Waals surface area contributed by atoms with Crippen molar-refractivity contribution in [1.82, 2.24) is 14.1 Å². The van der Waals surface area contributed by atoms with Crippen LogP contribution in [0.5, 0.6) is 0 Å². The van der Waals surface area contributed by atoms with Crippen LogP contribution in [-0.4, -0.2) is 29.6 Å². The average Bonchev–Trinajstić information content (AvgIpc) is 2.80. The van der Waals surface area contributed by atoms with Crippen LogP contribution in [0.1, 0.15) is 18.2 Å². The van der Waals surface area contributed by atoms with Crippen molar-refractivity contribution in [2.24, 2.45) is 0 Å². The third kappa shape index (κ3) is 3.28. The summed E-state index contributed by atoms with van der Waals surface area (Å²) in [6.45, 7) is 4.99. The molecular weight excluding hydrogens is 310 g/mol. The van der Waals surface area contributed by atoms with Crippen LogP contribution in [0.4, 0.5) is 0 Å². The number of hydrogen-bond acceptors (Lipinski definition) is 3. The van der Waals surface area contributed by atoms with E-state index in [9.17, 15) is 8.42 Å². The summed E-state index contributed by atoms with van der Waals surface area (Å²) in [5, 5.41) is 4.74. The van der Waals surface area contributed by atoms with Crippen molar-refractivity contribution in [3.8, 4) is 0 Å². The van der Waals surface area contributed by atoms with E-state index in [1.165, 1.54) is 16.4 Å². The van der Waals surface area contributed by atoms with Crippen molar-refractivity contribution in [3.05, 3.63) is 46.7 Å². The van der Waals surface area contributed by atoms with E-state index in [1.54, 1.807) is 25.4 Å². The van der Waals surface area contributed by atoms with Gasteiger partial charge in [0.05, 0.1) is 11.1 Å². The maximum absolute atomic E-state index is 12.5. The zero-order valence-electron chi connectivity index (χ0n) is 12.2. The van der Waals surface area contributed by atoms with Gasteiger partial charge < -0.3 is 0 Å². The van der Waals surface area contributed by atoms with Crippen molar-refractivity contribution in [3.63, 3.8) is 0 Å². The number of rotatable bonds is 5. The van der Waals surface area contributed by atoms with E-state index in [4.69, 9.17) is 11.6 Å². The van der Waals surface area contributed by atoms with Crippen LogP contribution in [-0.2, 0) is 23.1 Å². The number of benzene rings is 1. The lowest BCUT2D eigenvalue weighted by atomic mass is 10.2. The molecule has 0 saturated carbocycles. The second kappa shape index (κ2) is 6.17. The van der Waals surface area contributed by atoms with Gasteiger partial charge in [-0.15, -0.1) is 0 Å². The van der Waals surface area contributed by atoms with Crippen LogP contribution in [0.15, 0.2) is 35.4 Å². The predicted octanol–water partition coefficient (Wildman–Crippen LogP) is 2.69. The summed E-state index contributed by atoms with van der Waals surface area (Å²) < 4.78 is 28.1. The molecule has 114 valence electrons. The molecule has 5 nitrogen and oxygen atoms in total. The molecule has 0 amide bonds. The van der Waals surface area contributed by atoms with Crippen molar-refractivity contribution >= 4 is 21.6 Å². The summed E-state index contributed by atoms with van der Waals surface area (Å²) in [6, 6.07) is 6.16. The Kier molecular flexibility index (Phi) is 4.70. The largest absolute Gasteiger partial charge is 0.270 e. The first-order valence-corrected chi connectivity index (χ1v) is 8.41. The summed E-state index contributed by atoms with van der Waals surface area (Å²) in [5.41, 5.74) is 1.88. The van der Waals surface area contributed by atoms with Crippen molar-refractivity contribution < 1.29 is 8.42 Å². The molecule has 0 aliphatic rings. The zero-order valence-corrected chi connectivity index (χ0v) is 13.8. The minimum Gasteiger partial charge on any atom is -0.270 e. The topological polar surface area (TPSA) is 55.2 Å². The minimum absolute atomic E-state index is 0.231. The van der Waals surface area contributed by atoms with E-state index in [2.05, 4.69) is 5.10 Å². The highest BCUT2D eigenvalue weighted by molar-refractivity contribution is 7.89. The maximum atomic E-state index is 12.5. The van der Waals surface area contributed by atoms with Gasteiger partial charge in [0.15, 0.2) is 0 Å². The highest BCUT2D eigenvalue weighted by atomic mass is 35.5. The third-order valence-electron chi connectivity index (χ3n) is 3.42. The molecular formula is C14H18ClN3O2S. The molecule has 1 heterocycles. The summed E-state index contributed by atoms with van der Waals surface area (Å²) in [4.78, 5) is 0.231. The fourth-order valence-electron chi connectivity index (χ4n) is 2.07. The molecule has 0 aliphatic heterocycles. The standard InChI is InChI=1S/C14H18ClN3O2S/c1-4-18-11(2)12(9-16-18)10-17(3)21(19,20)14-7-5-13(15)6-8-14/h5-9H,4,10H2,1-3H3. The number of hydrogen-bond donors (Lipinski definition) is 0. The first kappa shape index (κ1) is 16.0. The van der Waals surface area contributed by atoms with Crippen LogP contribution in [0.25, 0.3) is 0 Å². The third-order valence-corrected chi connectivity index (χ3v) is 5.49. The molecule has 2 rings (SSSR count). The molecule has 1 aromatic heterocycles. The molecule has 0 N–H and O–H groups in total. The number of halogens is 1. The van der Waals surface area contributed by atoms with Crippen LogP contribution >= 0.6 is 11.6 Å². The van der Waals surface area contributed by atoms with Gasteiger partial charge in [-0.1, -0.05) is 11.6 Å². The van der Waals surface area contributed by atoms with Crippen molar-refractivity contribution in [1.29, 1.82) is 0 Å². The van der Waals surface area contributed by atoms with Crippen molar-refractivity contribution in [2.45, 2.75) is 31.8 Å². The minimum atomic E-state index is -3.53. The number of nitrogens with zero attached hydrogens (tertiary/aromatic N) is 3. The average molecular weight is 328 g/mol. The van der Waals surface area contributed by atoms with Gasteiger partial charge in [0.1, 0.15) is 0 Å². The van der Waals surface area contributed by atoms with E-state index in [-0.39, 0.29) is 11.4 Å². The summed E-state index contributed by atoms with van der Waals surface area (Å²) in [6.07, 6.45) is 1.71. The van der Waals surface area contributed by atoms with Gasteiger partial charge in [0.2, 0.25) is 10.0 Å². The molecule has 0 saturated heterocycles. The lowest BCUT2D eigenvalue weighted by Gasteiger charge is -2.17. The van der Waals surface area contributed by atoms with Gasteiger partial charge in [0, 0.05) is 36.4 Å². The van der Waals surface area contributed by atoms with E-state index < -0.39 is 10.0 Å². The molecule has 1 aromatic carbocycles. The fraction of sp³-hybridized carbons (Fsp3) is 0.357. The molecule has 7 heteroatoms. The predicted molar refractivity (Wildman–Crippen MR) is 82.7 cm³/mol. The number of aryl methyl sites for hydroxylation is 1. The number of sulfonamides is 1. The highest BCUT2D eigenvalue weighted by Gasteiger charge is 2.22. The SMILES string of the molecule is CCn1ncc(CN(C)S(=O)(=O)c2ccc(Cl)cc2)c1C. The molecule has 0 spiro atoms. The Balaban J connectivity index is 2.24. The van der Waals surface area contributed by atoms with Gasteiger partial charge in [-0.2, -0.15) is 9.40 Å². The molecule has 0 bridgehead atoms. The summed E-state index contributed by atoms with van der Waals surface area (Å²) >= 11 is 5.79. The van der Waals surface area contributed by atoms with Gasteiger partial charge in [-0.3, -0.25) is 4.68 Å². The van der Waals surface area contributed by atoms with Crippen LogP contribution in [0, 0.1) is 6.92 Å². The quantitative estimate of drug-likeness (QED) is 0.848. The molecule has 0 unspecified atom stereocenters. The van der Waals surface area contributed by atoms with Gasteiger partial charge >= 0.3 is 0 Å². The Morgan fingerprint density at radius 3 is 2.43 bits per heavy atom. The Morgan fingerprint density at radius 2 is 1.90 bits per heavy atom. The maximum Gasteiger partial charge on any atom is 0.243 e. The van der Waals surface area contributed by atoms with E-state index in [1.807, 2.05) is 18.5 Å². The molecule has 0 radical (unpaired) electrons. The monoisotopic (exact) mass is 327 g/mol. The Hall–Kier alpha value is -1.37. The molecule has 0 fully saturated rings. The number of aromatic nitrogens is 2. The summed E-state index contributed by atoms with van der Waals surface area (Å²) in [5.74, 6) is 0. The highest BCUT2D eigenvalue weighted by Crippen LogP contribution is 2.20.